The molecule has 0 bridgehead atoms. The minimum atomic E-state index is -0.457. The van der Waals surface area contributed by atoms with E-state index in [4.69, 9.17) is 4.74 Å². The Balaban J connectivity index is 1.30. The van der Waals surface area contributed by atoms with Gasteiger partial charge in [0.05, 0.1) is 18.0 Å². The van der Waals surface area contributed by atoms with E-state index in [2.05, 4.69) is 24.0 Å². The average molecular weight is 427 g/mol. The zero-order chi connectivity index (χ0) is 21.8. The summed E-state index contributed by atoms with van der Waals surface area (Å²) in [6.45, 7) is 6.87. The molecule has 0 aliphatic heterocycles. The first-order chi connectivity index (χ1) is 14.8. The highest BCUT2D eigenvalue weighted by atomic mass is 16.5. The summed E-state index contributed by atoms with van der Waals surface area (Å²) in [6, 6.07) is 1.76. The first kappa shape index (κ1) is 21.4. The van der Waals surface area contributed by atoms with E-state index in [0.717, 1.165) is 37.0 Å². The summed E-state index contributed by atoms with van der Waals surface area (Å²) in [5, 5.41) is 18.2. The molecule has 1 N–H and O–H groups in total. The number of hydrogen-bond acceptors (Lipinski definition) is 5. The first-order valence-electron chi connectivity index (χ1n) is 12.4. The van der Waals surface area contributed by atoms with Crippen LogP contribution in [-0.4, -0.2) is 33.3 Å². The molecule has 4 saturated carbocycles. The maximum atomic E-state index is 13.4. The number of ketones is 1. The van der Waals surface area contributed by atoms with Crippen LogP contribution in [-0.2, 0) is 4.79 Å². The van der Waals surface area contributed by atoms with Crippen LogP contribution in [0.25, 0.3) is 0 Å². The van der Waals surface area contributed by atoms with Crippen LogP contribution in [0, 0.1) is 46.8 Å². The third kappa shape index (κ3) is 3.71. The molecule has 0 saturated heterocycles. The van der Waals surface area contributed by atoms with Crippen LogP contribution < -0.4 is 4.74 Å². The Morgan fingerprint density at radius 2 is 1.94 bits per heavy atom. The lowest BCUT2D eigenvalue weighted by Crippen LogP contribution is -2.51. The molecular weight excluding hydrogens is 388 g/mol. The number of carbonyl (C=O) groups excluding carboxylic acids is 1. The molecule has 1 aromatic rings. The average Bonchev–Trinajstić information content (AvgIpc) is 3.02. The lowest BCUT2D eigenvalue weighted by atomic mass is 9.49. The molecule has 0 unspecified atom stereocenters. The summed E-state index contributed by atoms with van der Waals surface area (Å²) in [5.41, 5.74) is -0.356. The van der Waals surface area contributed by atoms with Gasteiger partial charge in [-0.05, 0) is 99.2 Å². The van der Waals surface area contributed by atoms with E-state index >= 15 is 0 Å². The van der Waals surface area contributed by atoms with Crippen LogP contribution in [0.2, 0.25) is 0 Å². The van der Waals surface area contributed by atoms with Gasteiger partial charge in [-0.15, -0.1) is 0 Å². The third-order valence-electron chi connectivity index (χ3n) is 9.86. The van der Waals surface area contributed by atoms with Gasteiger partial charge >= 0.3 is 0 Å². The van der Waals surface area contributed by atoms with Gasteiger partial charge in [0.15, 0.2) is 5.78 Å². The van der Waals surface area contributed by atoms with Crippen molar-refractivity contribution in [3.63, 3.8) is 0 Å². The van der Waals surface area contributed by atoms with E-state index in [-0.39, 0.29) is 23.7 Å². The topological polar surface area (TPSA) is 72.3 Å². The van der Waals surface area contributed by atoms with Crippen LogP contribution >= 0.6 is 0 Å². The van der Waals surface area contributed by atoms with E-state index in [1.807, 2.05) is 6.92 Å². The first-order valence-corrected chi connectivity index (χ1v) is 12.4. The number of hydrogen-bond donors (Lipinski definition) is 1. The normalized spacial score (nSPS) is 46.5. The fraction of sp³-hybridized carbons (Fsp3) is 0.808. The maximum Gasteiger partial charge on any atom is 0.174 e. The summed E-state index contributed by atoms with van der Waals surface area (Å²) in [6.07, 6.45) is 12.4. The second-order valence-corrected chi connectivity index (χ2v) is 11.7. The molecule has 9 atom stereocenters. The summed E-state index contributed by atoms with van der Waals surface area (Å²) >= 11 is 0. The van der Waals surface area contributed by atoms with Crippen molar-refractivity contribution in [3.05, 3.63) is 18.5 Å². The molecule has 31 heavy (non-hydrogen) atoms. The lowest BCUT2D eigenvalue weighted by Gasteiger charge is -2.56. The zero-order valence-corrected chi connectivity index (χ0v) is 19.3. The minimum absolute atomic E-state index is 0.0954. The van der Waals surface area contributed by atoms with E-state index in [1.54, 1.807) is 18.5 Å². The standard InChI is InChI=1S/C26H38N2O3/c1-16-12-22-21-5-4-17-13-25(2,30)9-6-19(17)20(21)7-10-26(22,3)24(16)23(29)15-31-18-8-11-27-28-14-18/h8,11,14,16-17,19-22,24,30H,4-7,9-10,12-13,15H2,1-3H3/t16-,17-,19+,20-,21-,22+,24-,25-,26+/m1/s1. The molecule has 5 heteroatoms. The molecule has 5 rings (SSSR count). The van der Waals surface area contributed by atoms with Crippen molar-refractivity contribution in [1.29, 1.82) is 0 Å². The number of fused-ring (bicyclic) bond motifs is 5. The lowest BCUT2D eigenvalue weighted by molar-refractivity contribution is -0.135. The van der Waals surface area contributed by atoms with E-state index in [1.165, 1.54) is 32.1 Å². The number of Topliss-reactive ketones (excluding diaryl/α,β-unsaturated/α-hetero) is 1. The third-order valence-corrected chi connectivity index (χ3v) is 9.86. The molecule has 4 aliphatic rings. The summed E-state index contributed by atoms with van der Waals surface area (Å²) in [5.74, 6) is 5.09. The highest BCUT2D eigenvalue weighted by Gasteiger charge is 2.60. The fourth-order valence-electron chi connectivity index (χ4n) is 8.74. The van der Waals surface area contributed by atoms with Crippen molar-refractivity contribution >= 4 is 5.78 Å². The van der Waals surface area contributed by atoms with Gasteiger partial charge in [-0.25, -0.2) is 0 Å². The quantitative estimate of drug-likeness (QED) is 0.756. The van der Waals surface area contributed by atoms with Gasteiger partial charge in [-0.3, -0.25) is 4.79 Å². The molecule has 1 aromatic heterocycles. The predicted molar refractivity (Wildman–Crippen MR) is 118 cm³/mol. The van der Waals surface area contributed by atoms with Crippen LogP contribution in [0.15, 0.2) is 18.5 Å². The van der Waals surface area contributed by atoms with Gasteiger partial charge in [-0.2, -0.15) is 10.2 Å². The van der Waals surface area contributed by atoms with Gasteiger partial charge in [0.1, 0.15) is 12.4 Å². The van der Waals surface area contributed by atoms with Crippen molar-refractivity contribution < 1.29 is 14.6 Å². The predicted octanol–water partition coefficient (Wildman–Crippen LogP) is 4.69. The van der Waals surface area contributed by atoms with E-state index in [0.29, 0.717) is 23.5 Å². The van der Waals surface area contributed by atoms with Crippen molar-refractivity contribution in [2.45, 2.75) is 77.7 Å². The molecular formula is C26H38N2O3. The van der Waals surface area contributed by atoms with Crippen molar-refractivity contribution in [2.75, 3.05) is 6.61 Å². The fourth-order valence-corrected chi connectivity index (χ4v) is 8.74. The van der Waals surface area contributed by atoms with E-state index in [9.17, 15) is 9.90 Å². The van der Waals surface area contributed by atoms with Crippen LogP contribution in [0.3, 0.4) is 0 Å². The van der Waals surface area contributed by atoms with Crippen LogP contribution in [0.4, 0.5) is 0 Å². The maximum absolute atomic E-state index is 13.4. The molecule has 4 fully saturated rings. The number of nitrogens with zero attached hydrogens (tertiary/aromatic N) is 2. The largest absolute Gasteiger partial charge is 0.484 e. The number of carbonyl (C=O) groups is 1. The Labute approximate surface area is 186 Å². The number of aromatic nitrogens is 2. The van der Waals surface area contributed by atoms with Gasteiger partial charge in [0.25, 0.3) is 0 Å². The zero-order valence-electron chi connectivity index (χ0n) is 19.3. The molecule has 0 radical (unpaired) electrons. The number of aliphatic hydroxyl groups is 1. The Kier molecular flexibility index (Phi) is 5.39. The molecule has 1 heterocycles. The van der Waals surface area contributed by atoms with Gasteiger partial charge in [-0.1, -0.05) is 13.8 Å². The van der Waals surface area contributed by atoms with Gasteiger partial charge < -0.3 is 9.84 Å². The molecule has 5 nitrogen and oxygen atoms in total. The summed E-state index contributed by atoms with van der Waals surface area (Å²) < 4.78 is 5.77. The van der Waals surface area contributed by atoms with Crippen LogP contribution in [0.1, 0.15) is 72.1 Å². The number of rotatable bonds is 4. The summed E-state index contributed by atoms with van der Waals surface area (Å²) in [4.78, 5) is 13.4. The second-order valence-electron chi connectivity index (χ2n) is 11.7. The molecule has 0 spiro atoms. The molecule has 170 valence electrons. The molecule has 0 amide bonds. The van der Waals surface area contributed by atoms with Gasteiger partial charge in [0.2, 0.25) is 0 Å². The van der Waals surface area contributed by atoms with E-state index < -0.39 is 5.60 Å². The number of ether oxygens (including phenoxy) is 1. The molecule has 4 aliphatic carbocycles. The Hall–Kier alpha value is -1.49. The Bertz CT molecular complexity index is 812. The Morgan fingerprint density at radius 3 is 2.71 bits per heavy atom. The Morgan fingerprint density at radius 1 is 1.13 bits per heavy atom. The SMILES string of the molecule is C[C@@H]1C[C@H]2[C@@H]3CC[C@@H]4C[C@](C)(O)CC[C@@H]4[C@H]3CC[C@]2(C)[C@H]1C(=O)COc1ccnnc1. The summed E-state index contributed by atoms with van der Waals surface area (Å²) in [7, 11) is 0. The highest BCUT2D eigenvalue weighted by Crippen LogP contribution is 2.65. The van der Waals surface area contributed by atoms with Crippen molar-refractivity contribution in [2.24, 2.45) is 46.8 Å². The van der Waals surface area contributed by atoms with Crippen LogP contribution in [0.5, 0.6) is 5.75 Å². The van der Waals surface area contributed by atoms with Gasteiger partial charge in [0, 0.05) is 12.0 Å². The monoisotopic (exact) mass is 426 g/mol. The minimum Gasteiger partial charge on any atom is -0.484 e. The second kappa shape index (κ2) is 7.83. The highest BCUT2D eigenvalue weighted by molar-refractivity contribution is 5.84. The van der Waals surface area contributed by atoms with Crippen molar-refractivity contribution in [3.8, 4) is 5.75 Å². The molecule has 0 aromatic carbocycles. The smallest absolute Gasteiger partial charge is 0.174 e. The van der Waals surface area contributed by atoms with Crippen molar-refractivity contribution in [1.82, 2.24) is 10.2 Å².